The molecule has 0 radical (unpaired) electrons. The highest BCUT2D eigenvalue weighted by Gasteiger charge is 2.22. The Balaban J connectivity index is 1.71. The second-order valence-corrected chi connectivity index (χ2v) is 5.59. The second kappa shape index (κ2) is 5.67. The van der Waals surface area contributed by atoms with Gasteiger partial charge in [-0.05, 0) is 32.1 Å². The van der Waals surface area contributed by atoms with Gasteiger partial charge < -0.3 is 10.0 Å². The molecule has 1 aliphatic heterocycles. The minimum Gasteiger partial charge on any atom is -0.481 e. The van der Waals surface area contributed by atoms with Crippen LogP contribution in [-0.4, -0.2) is 43.7 Å². The predicted octanol–water partition coefficient (Wildman–Crippen LogP) is 1.51. The smallest absolute Gasteiger partial charge is 0.303 e. The van der Waals surface area contributed by atoms with E-state index >= 15 is 0 Å². The van der Waals surface area contributed by atoms with E-state index < -0.39 is 5.97 Å². The summed E-state index contributed by atoms with van der Waals surface area (Å²) in [5.41, 5.74) is 0.929. The molecule has 7 heteroatoms. The minimum atomic E-state index is -0.702. The predicted molar refractivity (Wildman–Crippen MR) is 77.3 cm³/mol. The van der Waals surface area contributed by atoms with Gasteiger partial charge in [0.1, 0.15) is 12.1 Å². The maximum Gasteiger partial charge on any atom is 0.303 e. The molecule has 2 aromatic rings. The number of carboxylic acids is 1. The zero-order valence-electron chi connectivity index (χ0n) is 12.1. The third-order valence-electron chi connectivity index (χ3n) is 4.07. The van der Waals surface area contributed by atoms with Crippen molar-refractivity contribution >= 4 is 17.6 Å². The molecule has 1 fully saturated rings. The topological polar surface area (TPSA) is 83.6 Å². The molecule has 2 aromatic heterocycles. The third-order valence-corrected chi connectivity index (χ3v) is 4.07. The van der Waals surface area contributed by atoms with E-state index in [2.05, 4.69) is 20.0 Å². The van der Waals surface area contributed by atoms with E-state index in [1.54, 1.807) is 4.52 Å². The van der Waals surface area contributed by atoms with Crippen LogP contribution in [0.3, 0.4) is 0 Å². The number of aryl methyl sites for hydroxylation is 1. The summed E-state index contributed by atoms with van der Waals surface area (Å²) in [5.74, 6) is 1.45. The lowest BCUT2D eigenvalue weighted by Crippen LogP contribution is -2.35. The molecule has 3 rings (SSSR count). The fourth-order valence-corrected chi connectivity index (χ4v) is 2.91. The average molecular weight is 289 g/mol. The molecule has 0 amide bonds. The van der Waals surface area contributed by atoms with Crippen molar-refractivity contribution in [1.29, 1.82) is 0 Å². The zero-order valence-corrected chi connectivity index (χ0v) is 12.1. The molecule has 0 atom stereocenters. The largest absolute Gasteiger partial charge is 0.481 e. The van der Waals surface area contributed by atoms with Crippen LogP contribution in [0, 0.1) is 12.8 Å². The Morgan fingerprint density at radius 3 is 2.90 bits per heavy atom. The Labute approximate surface area is 122 Å². The molecule has 0 spiro atoms. The number of piperidine rings is 1. The van der Waals surface area contributed by atoms with E-state index in [1.807, 2.05) is 13.0 Å². The van der Waals surface area contributed by atoms with Crippen LogP contribution < -0.4 is 4.90 Å². The van der Waals surface area contributed by atoms with Crippen LogP contribution in [0.25, 0.3) is 5.78 Å². The normalized spacial score (nSPS) is 16.5. The van der Waals surface area contributed by atoms with Crippen LogP contribution >= 0.6 is 0 Å². The van der Waals surface area contributed by atoms with Crippen molar-refractivity contribution in [3.05, 3.63) is 18.1 Å². The maximum absolute atomic E-state index is 10.6. The molecular weight excluding hydrogens is 270 g/mol. The quantitative estimate of drug-likeness (QED) is 0.918. The third kappa shape index (κ3) is 2.96. The molecule has 1 aliphatic rings. The van der Waals surface area contributed by atoms with Crippen molar-refractivity contribution < 1.29 is 9.90 Å². The molecule has 7 nitrogen and oxygen atoms in total. The second-order valence-electron chi connectivity index (χ2n) is 5.59. The highest BCUT2D eigenvalue weighted by molar-refractivity contribution is 5.66. The number of aliphatic carboxylic acids is 1. The average Bonchev–Trinajstić information content (AvgIpc) is 2.93. The summed E-state index contributed by atoms with van der Waals surface area (Å²) in [6.07, 6.45) is 4.60. The number of aromatic nitrogens is 4. The molecule has 0 bridgehead atoms. The van der Waals surface area contributed by atoms with E-state index in [9.17, 15) is 4.79 Å². The van der Waals surface area contributed by atoms with E-state index in [0.29, 0.717) is 11.7 Å². The molecule has 1 saturated heterocycles. The van der Waals surface area contributed by atoms with Crippen LogP contribution in [0.1, 0.15) is 31.4 Å². The first-order chi connectivity index (χ1) is 10.1. The number of hydrogen-bond acceptors (Lipinski definition) is 5. The summed E-state index contributed by atoms with van der Waals surface area (Å²) in [7, 11) is 0. The Hall–Kier alpha value is -2.18. The van der Waals surface area contributed by atoms with Gasteiger partial charge >= 0.3 is 5.97 Å². The first-order valence-electron chi connectivity index (χ1n) is 7.27. The number of fused-ring (bicyclic) bond motifs is 1. The van der Waals surface area contributed by atoms with Gasteiger partial charge in [-0.1, -0.05) is 0 Å². The van der Waals surface area contributed by atoms with Crippen LogP contribution in [-0.2, 0) is 4.79 Å². The van der Waals surface area contributed by atoms with Crippen LogP contribution in [0.4, 0.5) is 5.82 Å². The summed E-state index contributed by atoms with van der Waals surface area (Å²) < 4.78 is 1.77. The van der Waals surface area contributed by atoms with E-state index in [4.69, 9.17) is 5.11 Å². The van der Waals surface area contributed by atoms with Crippen LogP contribution in [0.15, 0.2) is 12.4 Å². The van der Waals surface area contributed by atoms with E-state index in [0.717, 1.165) is 43.9 Å². The standard InChI is InChI=1S/C14H19N5O2/c1-10-8-12(19-14(17-10)15-9-16-19)18-6-4-11(5-7-18)2-3-13(20)21/h8-9,11H,2-7H2,1H3,(H,20,21). The van der Waals surface area contributed by atoms with Gasteiger partial charge in [-0.15, -0.1) is 0 Å². The number of rotatable bonds is 4. The Morgan fingerprint density at radius 1 is 1.43 bits per heavy atom. The first kappa shape index (κ1) is 13.8. The lowest BCUT2D eigenvalue weighted by Gasteiger charge is -2.33. The Bertz CT molecular complexity index is 646. The van der Waals surface area contributed by atoms with Crippen molar-refractivity contribution in [2.45, 2.75) is 32.6 Å². The van der Waals surface area contributed by atoms with Gasteiger partial charge in [0.2, 0.25) is 0 Å². The summed E-state index contributed by atoms with van der Waals surface area (Å²) in [6, 6.07) is 2.03. The van der Waals surface area contributed by atoms with Gasteiger partial charge in [0, 0.05) is 31.3 Å². The van der Waals surface area contributed by atoms with Crippen molar-refractivity contribution in [3.8, 4) is 0 Å². The van der Waals surface area contributed by atoms with Crippen molar-refractivity contribution in [2.75, 3.05) is 18.0 Å². The SMILES string of the molecule is Cc1cc(N2CCC(CCC(=O)O)CC2)n2ncnc2n1. The van der Waals surface area contributed by atoms with E-state index in [1.165, 1.54) is 6.33 Å². The van der Waals surface area contributed by atoms with E-state index in [-0.39, 0.29) is 6.42 Å². The van der Waals surface area contributed by atoms with Gasteiger partial charge in [0.25, 0.3) is 5.78 Å². The van der Waals surface area contributed by atoms with Gasteiger partial charge in [-0.3, -0.25) is 4.79 Å². The number of hydrogen-bond donors (Lipinski definition) is 1. The first-order valence-corrected chi connectivity index (χ1v) is 7.27. The van der Waals surface area contributed by atoms with Gasteiger partial charge in [0.15, 0.2) is 0 Å². The molecular formula is C14H19N5O2. The minimum absolute atomic E-state index is 0.270. The van der Waals surface area contributed by atoms with Crippen molar-refractivity contribution in [1.82, 2.24) is 19.6 Å². The van der Waals surface area contributed by atoms with Crippen LogP contribution in [0.5, 0.6) is 0 Å². The van der Waals surface area contributed by atoms with Crippen molar-refractivity contribution in [3.63, 3.8) is 0 Å². The Kier molecular flexibility index (Phi) is 3.72. The highest BCUT2D eigenvalue weighted by atomic mass is 16.4. The molecule has 0 unspecified atom stereocenters. The molecule has 3 heterocycles. The fourth-order valence-electron chi connectivity index (χ4n) is 2.91. The van der Waals surface area contributed by atoms with Gasteiger partial charge in [0.05, 0.1) is 0 Å². The molecule has 0 saturated carbocycles. The highest BCUT2D eigenvalue weighted by Crippen LogP contribution is 2.26. The number of anilines is 1. The maximum atomic E-state index is 10.6. The fraction of sp³-hybridized carbons (Fsp3) is 0.571. The Morgan fingerprint density at radius 2 is 2.19 bits per heavy atom. The number of nitrogens with zero attached hydrogens (tertiary/aromatic N) is 5. The summed E-state index contributed by atoms with van der Waals surface area (Å²) in [6.45, 7) is 3.79. The molecule has 21 heavy (non-hydrogen) atoms. The van der Waals surface area contributed by atoms with Crippen molar-refractivity contribution in [2.24, 2.45) is 5.92 Å². The molecule has 1 N–H and O–H groups in total. The van der Waals surface area contributed by atoms with Gasteiger partial charge in [-0.25, -0.2) is 4.98 Å². The summed E-state index contributed by atoms with van der Waals surface area (Å²) >= 11 is 0. The number of carbonyl (C=O) groups is 1. The molecule has 0 aromatic carbocycles. The molecule has 0 aliphatic carbocycles. The van der Waals surface area contributed by atoms with Crippen LogP contribution in [0.2, 0.25) is 0 Å². The molecule has 112 valence electrons. The van der Waals surface area contributed by atoms with Gasteiger partial charge in [-0.2, -0.15) is 14.6 Å². The summed E-state index contributed by atoms with van der Waals surface area (Å²) in [5, 5.41) is 13.0. The number of carboxylic acid groups (broad SMARTS) is 1. The zero-order chi connectivity index (χ0) is 14.8. The monoisotopic (exact) mass is 289 g/mol. The lowest BCUT2D eigenvalue weighted by atomic mass is 9.92. The lowest BCUT2D eigenvalue weighted by molar-refractivity contribution is -0.137. The summed E-state index contributed by atoms with van der Waals surface area (Å²) in [4.78, 5) is 21.4.